The van der Waals surface area contributed by atoms with Crippen molar-refractivity contribution >= 4 is 29.3 Å². The molecule has 1 aromatic carbocycles. The molecule has 0 bridgehead atoms. The quantitative estimate of drug-likeness (QED) is 0.662. The van der Waals surface area contributed by atoms with Gasteiger partial charge in [0, 0.05) is 23.5 Å². The van der Waals surface area contributed by atoms with Gasteiger partial charge in [-0.25, -0.2) is 0 Å². The van der Waals surface area contributed by atoms with Crippen LogP contribution in [0, 0.1) is 0 Å². The molecule has 0 saturated heterocycles. The fraction of sp³-hybridized carbons (Fsp3) is 0.176. The summed E-state index contributed by atoms with van der Waals surface area (Å²) in [4.78, 5) is 23.0. The van der Waals surface area contributed by atoms with Crippen molar-refractivity contribution in [3.63, 3.8) is 0 Å². The van der Waals surface area contributed by atoms with Crippen molar-refractivity contribution in [1.82, 2.24) is 19.6 Å². The number of nitrogens with zero attached hydrogens (tertiary/aromatic N) is 4. The third-order valence-corrected chi connectivity index (χ3v) is 3.88. The van der Waals surface area contributed by atoms with Crippen LogP contribution in [0.4, 0.5) is 5.82 Å². The van der Waals surface area contributed by atoms with Gasteiger partial charge in [-0.1, -0.05) is 23.7 Å². The second-order valence-electron chi connectivity index (χ2n) is 5.56. The summed E-state index contributed by atoms with van der Waals surface area (Å²) in [7, 11) is 0. The average Bonchev–Trinajstić information content (AvgIpc) is 3.24. The van der Waals surface area contributed by atoms with Crippen molar-refractivity contribution in [3.05, 3.63) is 65.1 Å². The molecule has 2 heterocycles. The number of carboxylic acids is 1. The third kappa shape index (κ3) is 4.48. The molecule has 3 aromatic rings. The summed E-state index contributed by atoms with van der Waals surface area (Å²) >= 11 is 5.87. The van der Waals surface area contributed by atoms with Crippen LogP contribution in [-0.2, 0) is 17.9 Å². The molecule has 0 spiro atoms. The van der Waals surface area contributed by atoms with E-state index in [0.29, 0.717) is 17.4 Å². The van der Waals surface area contributed by atoms with Crippen LogP contribution in [0.5, 0.6) is 0 Å². The van der Waals surface area contributed by atoms with Gasteiger partial charge in [-0.3, -0.25) is 19.0 Å². The van der Waals surface area contributed by atoms with E-state index in [1.165, 1.54) is 16.9 Å². The van der Waals surface area contributed by atoms with Crippen molar-refractivity contribution < 1.29 is 14.7 Å². The highest BCUT2D eigenvalue weighted by Gasteiger charge is 2.14. The average molecular weight is 374 g/mol. The second kappa shape index (κ2) is 7.83. The Morgan fingerprint density at radius 1 is 1.15 bits per heavy atom. The number of aliphatic carboxylic acids is 1. The van der Waals surface area contributed by atoms with Crippen LogP contribution in [0.2, 0.25) is 5.02 Å². The molecule has 0 atom stereocenters. The largest absolute Gasteiger partial charge is 0.481 e. The minimum absolute atomic E-state index is 0.113. The van der Waals surface area contributed by atoms with Gasteiger partial charge in [-0.2, -0.15) is 10.2 Å². The summed E-state index contributed by atoms with van der Waals surface area (Å²) in [6.07, 6.45) is 3.10. The zero-order chi connectivity index (χ0) is 18.5. The Kier molecular flexibility index (Phi) is 5.33. The molecule has 134 valence electrons. The highest BCUT2D eigenvalue weighted by atomic mass is 35.5. The van der Waals surface area contributed by atoms with E-state index >= 15 is 0 Å². The number of hydrogen-bond acceptors (Lipinski definition) is 4. The lowest BCUT2D eigenvalue weighted by atomic mass is 10.2. The highest BCUT2D eigenvalue weighted by Crippen LogP contribution is 2.12. The minimum atomic E-state index is -0.951. The van der Waals surface area contributed by atoms with Gasteiger partial charge in [-0.05, 0) is 23.8 Å². The summed E-state index contributed by atoms with van der Waals surface area (Å²) in [6.45, 7) is 0.666. The number of carboxylic acid groups (broad SMARTS) is 1. The second-order valence-corrected chi connectivity index (χ2v) is 6.00. The molecule has 2 N–H and O–H groups in total. The number of amides is 1. The molecular weight excluding hydrogens is 358 g/mol. The van der Waals surface area contributed by atoms with E-state index in [1.54, 1.807) is 29.1 Å². The molecule has 0 unspecified atom stereocenters. The van der Waals surface area contributed by atoms with E-state index < -0.39 is 11.9 Å². The van der Waals surface area contributed by atoms with Crippen LogP contribution in [0.25, 0.3) is 0 Å². The van der Waals surface area contributed by atoms with E-state index in [2.05, 4.69) is 15.5 Å². The Labute approximate surface area is 154 Å². The van der Waals surface area contributed by atoms with Gasteiger partial charge in [0.25, 0.3) is 5.91 Å². The Morgan fingerprint density at radius 2 is 1.92 bits per heavy atom. The molecule has 3 rings (SSSR count). The fourth-order valence-corrected chi connectivity index (χ4v) is 2.50. The normalized spacial score (nSPS) is 10.7. The van der Waals surface area contributed by atoms with Crippen LogP contribution >= 0.6 is 11.6 Å². The number of halogens is 1. The maximum Gasteiger partial charge on any atom is 0.305 e. The molecule has 0 fully saturated rings. The third-order valence-electron chi connectivity index (χ3n) is 3.63. The lowest BCUT2D eigenvalue weighted by Gasteiger charge is -2.06. The van der Waals surface area contributed by atoms with E-state index in [4.69, 9.17) is 16.7 Å². The zero-order valence-electron chi connectivity index (χ0n) is 13.7. The van der Waals surface area contributed by atoms with Crippen LogP contribution in [0.15, 0.2) is 48.8 Å². The fourth-order valence-electron chi connectivity index (χ4n) is 2.38. The van der Waals surface area contributed by atoms with Gasteiger partial charge in [0.05, 0.1) is 19.5 Å². The smallest absolute Gasteiger partial charge is 0.305 e. The number of nitrogens with one attached hydrogen (secondary N) is 1. The van der Waals surface area contributed by atoms with Crippen LogP contribution in [-0.4, -0.2) is 36.5 Å². The first-order valence-electron chi connectivity index (χ1n) is 7.84. The van der Waals surface area contributed by atoms with E-state index in [9.17, 15) is 9.59 Å². The topological polar surface area (TPSA) is 102 Å². The van der Waals surface area contributed by atoms with Crippen LogP contribution < -0.4 is 5.32 Å². The maximum absolute atomic E-state index is 12.4. The number of benzene rings is 1. The molecule has 0 radical (unpaired) electrons. The number of carbonyl (C=O) groups excluding carboxylic acids is 1. The van der Waals surface area contributed by atoms with Gasteiger partial charge in [-0.15, -0.1) is 0 Å². The number of carbonyl (C=O) groups is 2. The monoisotopic (exact) mass is 373 g/mol. The SMILES string of the molecule is O=C(O)CCn1nccc1C(=O)Nc1ccn(Cc2ccc(Cl)cc2)n1. The number of rotatable bonds is 7. The summed E-state index contributed by atoms with van der Waals surface area (Å²) in [5.41, 5.74) is 1.31. The van der Waals surface area contributed by atoms with Crippen molar-refractivity contribution in [3.8, 4) is 0 Å². The molecule has 26 heavy (non-hydrogen) atoms. The van der Waals surface area contributed by atoms with Crippen LogP contribution in [0.1, 0.15) is 22.5 Å². The highest BCUT2D eigenvalue weighted by molar-refractivity contribution is 6.30. The zero-order valence-corrected chi connectivity index (χ0v) is 14.4. The number of hydrogen-bond donors (Lipinski definition) is 2. The Morgan fingerprint density at radius 3 is 2.65 bits per heavy atom. The predicted octanol–water partition coefficient (Wildman–Crippen LogP) is 2.51. The predicted molar refractivity (Wildman–Crippen MR) is 95.2 cm³/mol. The van der Waals surface area contributed by atoms with Crippen molar-refractivity contribution in [2.75, 3.05) is 5.32 Å². The summed E-state index contributed by atoms with van der Waals surface area (Å²) in [6, 6.07) is 10.6. The van der Waals surface area contributed by atoms with Gasteiger partial charge in [0.2, 0.25) is 0 Å². The van der Waals surface area contributed by atoms with Gasteiger partial charge >= 0.3 is 5.97 Å². The molecule has 8 nitrogen and oxygen atoms in total. The Bertz CT molecular complexity index is 917. The van der Waals surface area contributed by atoms with Gasteiger partial charge < -0.3 is 10.4 Å². The first-order chi connectivity index (χ1) is 12.5. The summed E-state index contributed by atoms with van der Waals surface area (Å²) in [5.74, 6) is -0.951. The molecule has 9 heteroatoms. The molecular formula is C17H16ClN5O3. The molecule has 0 saturated carbocycles. The Balaban J connectivity index is 1.64. The molecule has 0 aliphatic rings. The lowest BCUT2D eigenvalue weighted by molar-refractivity contribution is -0.137. The lowest BCUT2D eigenvalue weighted by Crippen LogP contribution is -2.19. The van der Waals surface area contributed by atoms with E-state index in [1.807, 2.05) is 12.1 Å². The summed E-state index contributed by atoms with van der Waals surface area (Å²) in [5, 5.41) is 20.4. The van der Waals surface area contributed by atoms with Crippen molar-refractivity contribution in [2.24, 2.45) is 0 Å². The molecule has 0 aliphatic heterocycles. The van der Waals surface area contributed by atoms with Crippen molar-refractivity contribution in [2.45, 2.75) is 19.5 Å². The minimum Gasteiger partial charge on any atom is -0.481 e. The molecule has 0 aliphatic carbocycles. The van der Waals surface area contributed by atoms with Gasteiger partial charge in [0.15, 0.2) is 5.82 Å². The van der Waals surface area contributed by atoms with E-state index in [-0.39, 0.29) is 18.7 Å². The molecule has 1 amide bonds. The van der Waals surface area contributed by atoms with E-state index in [0.717, 1.165) is 5.56 Å². The number of anilines is 1. The summed E-state index contributed by atoms with van der Waals surface area (Å²) < 4.78 is 3.05. The first-order valence-corrected chi connectivity index (χ1v) is 8.22. The Hall–Kier alpha value is -3.13. The molecule has 2 aromatic heterocycles. The first kappa shape index (κ1) is 17.7. The van der Waals surface area contributed by atoms with Gasteiger partial charge in [0.1, 0.15) is 5.69 Å². The van der Waals surface area contributed by atoms with Crippen LogP contribution in [0.3, 0.4) is 0 Å². The maximum atomic E-state index is 12.4. The van der Waals surface area contributed by atoms with Crippen molar-refractivity contribution in [1.29, 1.82) is 0 Å². The standard InChI is InChI=1S/C17H16ClN5O3/c18-13-3-1-12(2-4-13)11-22-9-6-15(21-22)20-17(26)14-5-8-19-23(14)10-7-16(24)25/h1-6,8-9H,7,10-11H2,(H,24,25)(H,20,21,26). The number of aromatic nitrogens is 4. The number of aryl methyl sites for hydroxylation is 1.